The van der Waals surface area contributed by atoms with Crippen LogP contribution < -0.4 is 9.46 Å². The van der Waals surface area contributed by atoms with E-state index in [4.69, 9.17) is 16.3 Å². The Bertz CT molecular complexity index is 1100. The third-order valence-corrected chi connectivity index (χ3v) is 5.58. The van der Waals surface area contributed by atoms with Crippen molar-refractivity contribution in [1.82, 2.24) is 0 Å². The van der Waals surface area contributed by atoms with Gasteiger partial charge in [-0.2, -0.15) is 13.2 Å². The summed E-state index contributed by atoms with van der Waals surface area (Å²) in [6.07, 6.45) is -4.49. The summed E-state index contributed by atoms with van der Waals surface area (Å²) in [5.74, 6) is 0.0925. The normalized spacial score (nSPS) is 11.9. The van der Waals surface area contributed by atoms with Crippen LogP contribution in [0.25, 0.3) is 0 Å². The maximum Gasteiger partial charge on any atom is 0.416 e. The monoisotopic (exact) mass is 441 g/mol. The van der Waals surface area contributed by atoms with Crippen LogP contribution in [0.1, 0.15) is 11.1 Å². The van der Waals surface area contributed by atoms with E-state index in [0.29, 0.717) is 11.3 Å². The van der Waals surface area contributed by atoms with Crippen LogP contribution in [0.2, 0.25) is 5.02 Å². The van der Waals surface area contributed by atoms with Crippen LogP contribution in [-0.2, 0) is 22.8 Å². The van der Waals surface area contributed by atoms with Crippen molar-refractivity contribution in [2.45, 2.75) is 17.7 Å². The maximum atomic E-state index is 12.7. The summed E-state index contributed by atoms with van der Waals surface area (Å²) in [7, 11) is -3.74. The molecule has 4 nitrogen and oxygen atoms in total. The van der Waals surface area contributed by atoms with Gasteiger partial charge >= 0.3 is 6.18 Å². The fourth-order valence-electron chi connectivity index (χ4n) is 2.49. The number of sulfonamides is 1. The molecule has 0 aliphatic rings. The van der Waals surface area contributed by atoms with Crippen LogP contribution >= 0.6 is 11.6 Å². The molecule has 0 atom stereocenters. The third kappa shape index (κ3) is 5.42. The van der Waals surface area contributed by atoms with E-state index in [-0.39, 0.29) is 22.3 Å². The van der Waals surface area contributed by atoms with Gasteiger partial charge in [0.2, 0.25) is 0 Å². The van der Waals surface area contributed by atoms with E-state index in [2.05, 4.69) is 4.72 Å². The molecule has 3 rings (SSSR count). The molecule has 3 aromatic carbocycles. The largest absolute Gasteiger partial charge is 0.487 e. The molecular formula is C20H15ClF3NO3S. The summed E-state index contributed by atoms with van der Waals surface area (Å²) in [5, 5.41) is -0.166. The first kappa shape index (κ1) is 21.0. The summed E-state index contributed by atoms with van der Waals surface area (Å²) < 4.78 is 70.8. The van der Waals surface area contributed by atoms with E-state index < -0.39 is 21.8 Å². The van der Waals surface area contributed by atoms with Crippen LogP contribution in [0, 0.1) is 0 Å². The lowest BCUT2D eigenvalue weighted by Gasteiger charge is -2.12. The third-order valence-electron chi connectivity index (χ3n) is 3.89. The Morgan fingerprint density at radius 2 is 1.66 bits per heavy atom. The predicted octanol–water partition coefficient (Wildman–Crippen LogP) is 5.74. The van der Waals surface area contributed by atoms with E-state index >= 15 is 0 Å². The minimum Gasteiger partial charge on any atom is -0.487 e. The Morgan fingerprint density at radius 3 is 2.31 bits per heavy atom. The van der Waals surface area contributed by atoms with Crippen molar-refractivity contribution in [3.05, 3.63) is 88.9 Å². The molecule has 3 aromatic rings. The van der Waals surface area contributed by atoms with Gasteiger partial charge in [-0.3, -0.25) is 4.72 Å². The van der Waals surface area contributed by atoms with E-state index in [1.165, 1.54) is 12.1 Å². The number of anilines is 1. The predicted molar refractivity (Wildman–Crippen MR) is 104 cm³/mol. The zero-order chi connectivity index (χ0) is 21.1. The number of nitrogens with one attached hydrogen (secondary N) is 1. The Kier molecular flexibility index (Phi) is 6.04. The number of alkyl halides is 3. The summed E-state index contributed by atoms with van der Waals surface area (Å²) in [5.41, 5.74) is 0.0647. The van der Waals surface area contributed by atoms with Gasteiger partial charge in [-0.1, -0.05) is 41.9 Å². The Morgan fingerprint density at radius 1 is 0.931 bits per heavy atom. The topological polar surface area (TPSA) is 55.4 Å². The van der Waals surface area contributed by atoms with Crippen molar-refractivity contribution < 1.29 is 26.3 Å². The second-order valence-electron chi connectivity index (χ2n) is 6.05. The zero-order valence-electron chi connectivity index (χ0n) is 14.8. The van der Waals surface area contributed by atoms with E-state index in [9.17, 15) is 21.6 Å². The second-order valence-corrected chi connectivity index (χ2v) is 8.14. The minimum absolute atomic E-state index is 0.00795. The van der Waals surface area contributed by atoms with Crippen molar-refractivity contribution in [1.29, 1.82) is 0 Å². The standard InChI is InChI=1S/C20H15ClF3NO3S/c21-18-12-15(20(22,23)24)9-10-19(18)28-13-14-5-4-6-16(11-14)25-29(26,27)17-7-2-1-3-8-17/h1-12,25H,13H2. The molecule has 0 radical (unpaired) electrons. The summed E-state index contributed by atoms with van der Waals surface area (Å²) in [4.78, 5) is 0.123. The molecule has 0 heterocycles. The first-order valence-electron chi connectivity index (χ1n) is 8.31. The molecule has 152 valence electrons. The van der Waals surface area contributed by atoms with Gasteiger partial charge in [0.25, 0.3) is 10.0 Å². The fraction of sp³-hybridized carbons (Fsp3) is 0.100. The molecule has 0 fully saturated rings. The highest BCUT2D eigenvalue weighted by atomic mass is 35.5. The van der Waals surface area contributed by atoms with Gasteiger partial charge in [0, 0.05) is 5.69 Å². The first-order chi connectivity index (χ1) is 13.6. The molecule has 0 aliphatic heterocycles. The minimum atomic E-state index is -4.49. The van der Waals surface area contributed by atoms with E-state index in [1.54, 1.807) is 42.5 Å². The molecule has 0 saturated carbocycles. The maximum absolute atomic E-state index is 12.7. The Labute approximate surface area is 170 Å². The van der Waals surface area contributed by atoms with Crippen molar-refractivity contribution in [3.8, 4) is 5.75 Å². The lowest BCUT2D eigenvalue weighted by atomic mass is 10.2. The van der Waals surface area contributed by atoms with Gasteiger partial charge < -0.3 is 4.74 Å². The molecule has 0 unspecified atom stereocenters. The van der Waals surface area contributed by atoms with Gasteiger partial charge in [0.15, 0.2) is 0 Å². The lowest BCUT2D eigenvalue weighted by Crippen LogP contribution is -2.13. The van der Waals surface area contributed by atoms with Crippen LogP contribution in [-0.4, -0.2) is 8.42 Å². The molecule has 1 N–H and O–H groups in total. The van der Waals surface area contributed by atoms with E-state index in [1.807, 2.05) is 0 Å². The number of benzene rings is 3. The van der Waals surface area contributed by atoms with Gasteiger partial charge in [-0.25, -0.2) is 8.42 Å². The number of hydrogen-bond acceptors (Lipinski definition) is 3. The molecule has 0 saturated heterocycles. The Hall–Kier alpha value is -2.71. The first-order valence-corrected chi connectivity index (χ1v) is 10.2. The number of halogens is 4. The van der Waals surface area contributed by atoms with Gasteiger partial charge in [-0.05, 0) is 48.0 Å². The fourth-order valence-corrected chi connectivity index (χ4v) is 3.80. The van der Waals surface area contributed by atoms with Gasteiger partial charge in [0.05, 0.1) is 15.5 Å². The highest BCUT2D eigenvalue weighted by molar-refractivity contribution is 7.92. The molecule has 0 aromatic heterocycles. The molecule has 0 spiro atoms. The summed E-state index contributed by atoms with van der Waals surface area (Å²) in [6.45, 7) is -0.00795. The smallest absolute Gasteiger partial charge is 0.416 e. The SMILES string of the molecule is O=S(=O)(Nc1cccc(COc2ccc(C(F)(F)F)cc2Cl)c1)c1ccccc1. The number of ether oxygens (including phenoxy) is 1. The molecule has 0 amide bonds. The van der Waals surface area contributed by atoms with Crippen LogP contribution in [0.4, 0.5) is 18.9 Å². The van der Waals surface area contributed by atoms with Crippen LogP contribution in [0.15, 0.2) is 77.7 Å². The average Bonchev–Trinajstić information content (AvgIpc) is 2.67. The molecule has 29 heavy (non-hydrogen) atoms. The number of hydrogen-bond donors (Lipinski definition) is 1. The van der Waals surface area contributed by atoms with E-state index in [0.717, 1.165) is 18.2 Å². The molecular weight excluding hydrogens is 427 g/mol. The van der Waals surface area contributed by atoms with Crippen molar-refractivity contribution in [3.63, 3.8) is 0 Å². The van der Waals surface area contributed by atoms with Crippen molar-refractivity contribution >= 4 is 27.3 Å². The molecule has 0 aliphatic carbocycles. The second kappa shape index (κ2) is 8.34. The summed E-state index contributed by atoms with van der Waals surface area (Å²) >= 11 is 5.87. The van der Waals surface area contributed by atoms with Crippen molar-refractivity contribution in [2.75, 3.05) is 4.72 Å². The molecule has 0 bridgehead atoms. The zero-order valence-corrected chi connectivity index (χ0v) is 16.4. The highest BCUT2D eigenvalue weighted by Gasteiger charge is 2.31. The summed E-state index contributed by atoms with van der Waals surface area (Å²) in [6, 6.07) is 17.2. The Balaban J connectivity index is 1.71. The lowest BCUT2D eigenvalue weighted by molar-refractivity contribution is -0.137. The molecule has 9 heteroatoms. The highest BCUT2D eigenvalue weighted by Crippen LogP contribution is 2.35. The van der Waals surface area contributed by atoms with Crippen LogP contribution in [0.3, 0.4) is 0 Å². The van der Waals surface area contributed by atoms with Gasteiger partial charge in [-0.15, -0.1) is 0 Å². The quantitative estimate of drug-likeness (QED) is 0.530. The average molecular weight is 442 g/mol. The van der Waals surface area contributed by atoms with Gasteiger partial charge in [0.1, 0.15) is 12.4 Å². The number of rotatable bonds is 6. The van der Waals surface area contributed by atoms with Crippen LogP contribution in [0.5, 0.6) is 5.75 Å². The van der Waals surface area contributed by atoms with Crippen molar-refractivity contribution in [2.24, 2.45) is 0 Å².